The van der Waals surface area contributed by atoms with Crippen molar-refractivity contribution in [2.45, 2.75) is 64.0 Å². The number of ether oxygens (including phenoxy) is 6. The number of hydrogen-bond donors (Lipinski definition) is 0. The molecule has 0 radical (unpaired) electrons. The first-order valence-corrected chi connectivity index (χ1v) is 16.7. The maximum absolute atomic E-state index is 12.6. The van der Waals surface area contributed by atoms with Crippen molar-refractivity contribution in [1.29, 1.82) is 0 Å². The molecule has 11 heteroatoms. The van der Waals surface area contributed by atoms with Gasteiger partial charge in [-0.3, -0.25) is 14.4 Å². The van der Waals surface area contributed by atoms with Gasteiger partial charge in [0.05, 0.1) is 6.61 Å². The molecule has 1 aromatic heterocycles. The van der Waals surface area contributed by atoms with Crippen molar-refractivity contribution in [2.75, 3.05) is 6.61 Å². The van der Waals surface area contributed by atoms with E-state index in [0.717, 1.165) is 16.7 Å². The second-order valence-electron chi connectivity index (χ2n) is 12.4. The van der Waals surface area contributed by atoms with E-state index >= 15 is 0 Å². The van der Waals surface area contributed by atoms with Crippen LogP contribution in [0.15, 0.2) is 124 Å². The van der Waals surface area contributed by atoms with Crippen molar-refractivity contribution >= 4 is 28.9 Å². The molecule has 0 saturated carbocycles. The number of aryl methyl sites for hydroxylation is 1. The molecule has 1 aliphatic rings. The molecular formula is C41H38O11. The fourth-order valence-electron chi connectivity index (χ4n) is 6.57. The molecule has 0 bridgehead atoms. The molecule has 1 fully saturated rings. The zero-order valence-electron chi connectivity index (χ0n) is 29.1. The Balaban J connectivity index is 1.45. The van der Waals surface area contributed by atoms with E-state index in [2.05, 4.69) is 0 Å². The van der Waals surface area contributed by atoms with Gasteiger partial charge in [-0.1, -0.05) is 91.0 Å². The summed E-state index contributed by atoms with van der Waals surface area (Å²) >= 11 is 0. The van der Waals surface area contributed by atoms with Gasteiger partial charge in [0.2, 0.25) is 12.4 Å². The summed E-state index contributed by atoms with van der Waals surface area (Å²) in [5.41, 5.74) is 1.66. The minimum Gasteiger partial charge on any atom is -0.461 e. The molecule has 6 rings (SSSR count). The van der Waals surface area contributed by atoms with E-state index in [0.29, 0.717) is 10.9 Å². The summed E-state index contributed by atoms with van der Waals surface area (Å²) in [7, 11) is 0. The van der Waals surface area contributed by atoms with Crippen LogP contribution in [0.1, 0.15) is 43.0 Å². The molecule has 11 nitrogen and oxygen atoms in total. The highest BCUT2D eigenvalue weighted by molar-refractivity contribution is 5.81. The smallest absolute Gasteiger partial charge is 0.336 e. The lowest BCUT2D eigenvalue weighted by molar-refractivity contribution is -0.292. The number of benzene rings is 4. The van der Waals surface area contributed by atoms with Gasteiger partial charge in [-0.25, -0.2) is 4.79 Å². The normalized spacial score (nSPS) is 20.1. The Morgan fingerprint density at radius 2 is 1.15 bits per heavy atom. The third kappa shape index (κ3) is 7.75. The summed E-state index contributed by atoms with van der Waals surface area (Å²) < 4.78 is 42.4. The van der Waals surface area contributed by atoms with Crippen LogP contribution in [-0.2, 0) is 43.7 Å². The summed E-state index contributed by atoms with van der Waals surface area (Å²) in [5.74, 6) is -1.96. The summed E-state index contributed by atoms with van der Waals surface area (Å²) in [6, 6.07) is 35.2. The van der Waals surface area contributed by atoms with Crippen molar-refractivity contribution in [3.8, 4) is 5.75 Å². The van der Waals surface area contributed by atoms with E-state index < -0.39 is 59.8 Å². The first kappa shape index (κ1) is 36.0. The number of esters is 3. The number of fused-ring (bicyclic) bond motifs is 1. The Morgan fingerprint density at radius 3 is 1.67 bits per heavy atom. The number of hydrogen-bond acceptors (Lipinski definition) is 11. The van der Waals surface area contributed by atoms with Crippen molar-refractivity contribution in [3.63, 3.8) is 0 Å². The van der Waals surface area contributed by atoms with E-state index in [1.165, 1.54) is 32.9 Å². The second-order valence-corrected chi connectivity index (χ2v) is 12.4. The molecular weight excluding hydrogens is 668 g/mol. The Labute approximate surface area is 300 Å². The van der Waals surface area contributed by atoms with Crippen LogP contribution >= 0.6 is 0 Å². The van der Waals surface area contributed by atoms with Crippen molar-refractivity contribution < 1.29 is 47.2 Å². The Hall–Kier alpha value is -5.78. The lowest BCUT2D eigenvalue weighted by atomic mass is 9.80. The quantitative estimate of drug-likeness (QED) is 0.0692. The topological polar surface area (TPSA) is 137 Å². The molecule has 268 valence electrons. The molecule has 4 aromatic carbocycles. The lowest BCUT2D eigenvalue weighted by Crippen LogP contribution is -2.63. The third-order valence-corrected chi connectivity index (χ3v) is 8.68. The van der Waals surface area contributed by atoms with Crippen LogP contribution in [-0.4, -0.2) is 55.2 Å². The van der Waals surface area contributed by atoms with Crippen molar-refractivity contribution in [1.82, 2.24) is 0 Å². The van der Waals surface area contributed by atoms with E-state index in [1.54, 1.807) is 19.1 Å². The first-order valence-electron chi connectivity index (χ1n) is 16.7. The molecule has 0 aliphatic carbocycles. The second kappa shape index (κ2) is 15.6. The lowest BCUT2D eigenvalue weighted by Gasteiger charge is -2.45. The third-order valence-electron chi connectivity index (χ3n) is 8.68. The van der Waals surface area contributed by atoms with Crippen LogP contribution in [0.5, 0.6) is 5.75 Å². The van der Waals surface area contributed by atoms with Crippen LogP contribution in [0.2, 0.25) is 0 Å². The minimum absolute atomic E-state index is 0.197. The zero-order chi connectivity index (χ0) is 36.8. The fourth-order valence-corrected chi connectivity index (χ4v) is 6.57. The van der Waals surface area contributed by atoms with Crippen molar-refractivity contribution in [2.24, 2.45) is 0 Å². The summed E-state index contributed by atoms with van der Waals surface area (Å²) in [5, 5.41) is 0.686. The van der Waals surface area contributed by atoms with Gasteiger partial charge in [0, 0.05) is 38.3 Å². The highest BCUT2D eigenvalue weighted by Gasteiger charge is 2.54. The highest BCUT2D eigenvalue weighted by atomic mass is 16.7. The SMILES string of the molecule is CC(=O)OC1C(OC(C)=O)[C@H](OC(C)=O)C(COC(c2ccccc2)(c2ccccc2)c2ccccc2)O[C@H]1Oc1ccc2c(C)cc(=O)oc2c1. The highest BCUT2D eigenvalue weighted by Crippen LogP contribution is 2.42. The molecule has 1 aliphatic heterocycles. The predicted molar refractivity (Wildman–Crippen MR) is 188 cm³/mol. The average molecular weight is 707 g/mol. The van der Waals surface area contributed by atoms with Crippen LogP contribution in [0.25, 0.3) is 11.0 Å². The molecule has 0 N–H and O–H groups in total. The molecule has 0 amide bonds. The zero-order valence-corrected chi connectivity index (χ0v) is 29.1. The van der Waals surface area contributed by atoms with Gasteiger partial charge in [-0.2, -0.15) is 0 Å². The van der Waals surface area contributed by atoms with E-state index in [-0.39, 0.29) is 17.9 Å². The van der Waals surface area contributed by atoms with Gasteiger partial charge in [0.15, 0.2) is 12.2 Å². The van der Waals surface area contributed by atoms with Crippen LogP contribution in [0.4, 0.5) is 0 Å². The molecule has 1 saturated heterocycles. The van der Waals surface area contributed by atoms with E-state index in [1.807, 2.05) is 91.0 Å². The summed E-state index contributed by atoms with van der Waals surface area (Å²) in [4.78, 5) is 49.8. The van der Waals surface area contributed by atoms with Crippen LogP contribution < -0.4 is 10.4 Å². The largest absolute Gasteiger partial charge is 0.461 e. The number of carbonyl (C=O) groups is 3. The van der Waals surface area contributed by atoms with Crippen LogP contribution in [0, 0.1) is 6.92 Å². The van der Waals surface area contributed by atoms with Gasteiger partial charge in [0.1, 0.15) is 23.0 Å². The predicted octanol–water partition coefficient (Wildman–Crippen LogP) is 6.01. The Bertz CT molecular complexity index is 1980. The van der Waals surface area contributed by atoms with Gasteiger partial charge < -0.3 is 32.8 Å². The average Bonchev–Trinajstić information content (AvgIpc) is 3.12. The Morgan fingerprint density at radius 1 is 0.654 bits per heavy atom. The Kier molecular flexibility index (Phi) is 10.8. The molecule has 5 atom stereocenters. The van der Waals surface area contributed by atoms with Gasteiger partial charge in [0.25, 0.3) is 0 Å². The molecule has 3 unspecified atom stereocenters. The minimum atomic E-state index is -1.41. The maximum atomic E-state index is 12.6. The van der Waals surface area contributed by atoms with E-state index in [9.17, 15) is 19.2 Å². The number of carbonyl (C=O) groups excluding carboxylic acids is 3. The van der Waals surface area contributed by atoms with E-state index in [4.69, 9.17) is 32.8 Å². The molecule has 5 aromatic rings. The van der Waals surface area contributed by atoms with Gasteiger partial charge in [-0.05, 0) is 41.3 Å². The summed E-state index contributed by atoms with van der Waals surface area (Å²) in [6.07, 6.45) is -6.63. The van der Waals surface area contributed by atoms with Gasteiger partial charge >= 0.3 is 23.5 Å². The fraction of sp³-hybridized carbons (Fsp3) is 0.268. The maximum Gasteiger partial charge on any atom is 0.336 e. The monoisotopic (exact) mass is 706 g/mol. The number of rotatable bonds is 11. The van der Waals surface area contributed by atoms with Crippen LogP contribution in [0.3, 0.4) is 0 Å². The standard InChI is InChI=1S/C41H38O11/c1-25-22-36(45)51-34-23-32(20-21-33(25)34)50-40-39(49-28(4)44)38(48-27(3)43)37(47-26(2)42)35(52-40)24-46-41(29-14-8-5-9-15-29,30-16-10-6-11-17-30)31-18-12-7-13-19-31/h5-23,35,37-40H,24H2,1-4H3/t35?,37-,38?,39?,40-/m1/s1. The summed E-state index contributed by atoms with van der Waals surface area (Å²) in [6.45, 7) is 5.13. The molecule has 0 spiro atoms. The first-order chi connectivity index (χ1) is 25.0. The molecule has 2 heterocycles. The molecule has 52 heavy (non-hydrogen) atoms. The van der Waals surface area contributed by atoms with Gasteiger partial charge in [-0.15, -0.1) is 0 Å². The van der Waals surface area contributed by atoms with Crippen molar-refractivity contribution in [3.05, 3.63) is 148 Å².